The zero-order valence-electron chi connectivity index (χ0n) is 10.1. The lowest BCUT2D eigenvalue weighted by atomic mass is 10.1. The molecule has 1 saturated heterocycles. The maximum Gasteiger partial charge on any atom is 0.341 e. The smallest absolute Gasteiger partial charge is 0.341 e. The predicted molar refractivity (Wildman–Crippen MR) is 63.0 cm³/mol. The number of halogens is 2. The van der Waals surface area contributed by atoms with Crippen molar-refractivity contribution in [1.29, 1.82) is 0 Å². The van der Waals surface area contributed by atoms with E-state index in [1.165, 1.54) is 0 Å². The highest BCUT2D eigenvalue weighted by Crippen LogP contribution is 2.30. The van der Waals surface area contributed by atoms with Gasteiger partial charge in [0.15, 0.2) is 5.82 Å². The first kappa shape index (κ1) is 13.9. The summed E-state index contributed by atoms with van der Waals surface area (Å²) in [5.74, 6) is -6.43. The third-order valence-corrected chi connectivity index (χ3v) is 3.10. The number of carboxylic acids is 1. The highest BCUT2D eigenvalue weighted by atomic mass is 19.1. The first-order valence-corrected chi connectivity index (χ1v) is 5.64. The number of hydrogen-bond donors (Lipinski definition) is 2. The SMILES string of the molecule is NC(=O)C1CC(=O)N(c2ccc(F)c(C(=O)O)c2F)C1. The predicted octanol–water partition coefficient (Wildman–Crippen LogP) is 0.501. The number of carboxylic acid groups (broad SMARTS) is 1. The molecule has 2 amide bonds. The van der Waals surface area contributed by atoms with Crippen LogP contribution in [-0.2, 0) is 9.59 Å². The molecule has 3 N–H and O–H groups in total. The van der Waals surface area contributed by atoms with Crippen molar-refractivity contribution in [3.63, 3.8) is 0 Å². The van der Waals surface area contributed by atoms with Gasteiger partial charge in [-0.25, -0.2) is 13.6 Å². The summed E-state index contributed by atoms with van der Waals surface area (Å²) >= 11 is 0. The van der Waals surface area contributed by atoms with Crippen LogP contribution in [0.4, 0.5) is 14.5 Å². The second kappa shape index (κ2) is 4.87. The number of benzene rings is 1. The number of rotatable bonds is 3. The molecule has 1 unspecified atom stereocenters. The van der Waals surface area contributed by atoms with Crippen LogP contribution in [-0.4, -0.2) is 29.4 Å². The topological polar surface area (TPSA) is 101 Å². The van der Waals surface area contributed by atoms with E-state index in [4.69, 9.17) is 10.8 Å². The second-order valence-corrected chi connectivity index (χ2v) is 4.37. The van der Waals surface area contributed by atoms with Crippen molar-refractivity contribution < 1.29 is 28.3 Å². The highest BCUT2D eigenvalue weighted by Gasteiger charge is 2.36. The summed E-state index contributed by atoms with van der Waals surface area (Å²) in [5.41, 5.74) is 3.56. The van der Waals surface area contributed by atoms with E-state index in [2.05, 4.69) is 0 Å². The van der Waals surface area contributed by atoms with Gasteiger partial charge in [0.05, 0.1) is 11.6 Å². The molecule has 0 aromatic heterocycles. The van der Waals surface area contributed by atoms with Crippen LogP contribution >= 0.6 is 0 Å². The molecular weight excluding hydrogens is 274 g/mol. The summed E-state index contributed by atoms with van der Waals surface area (Å²) in [7, 11) is 0. The Bertz CT molecular complexity index is 618. The molecule has 1 aromatic carbocycles. The zero-order chi connectivity index (χ0) is 15.0. The van der Waals surface area contributed by atoms with E-state index in [1.54, 1.807) is 0 Å². The minimum atomic E-state index is -1.78. The zero-order valence-corrected chi connectivity index (χ0v) is 10.1. The maximum atomic E-state index is 14.0. The Kier molecular flexibility index (Phi) is 3.39. The van der Waals surface area contributed by atoms with Gasteiger partial charge >= 0.3 is 5.97 Å². The van der Waals surface area contributed by atoms with E-state index in [0.717, 1.165) is 17.0 Å². The lowest BCUT2D eigenvalue weighted by Gasteiger charge is -2.18. The van der Waals surface area contributed by atoms with Crippen molar-refractivity contribution in [2.75, 3.05) is 11.4 Å². The van der Waals surface area contributed by atoms with Crippen molar-refractivity contribution in [3.8, 4) is 0 Å². The molecule has 0 bridgehead atoms. The molecule has 8 heteroatoms. The summed E-state index contributed by atoms with van der Waals surface area (Å²) in [6.45, 7) is -0.157. The van der Waals surface area contributed by atoms with E-state index in [9.17, 15) is 23.2 Å². The van der Waals surface area contributed by atoms with Crippen LogP contribution in [0.2, 0.25) is 0 Å². The molecule has 0 radical (unpaired) electrons. The summed E-state index contributed by atoms with van der Waals surface area (Å²) in [4.78, 5) is 34.5. The van der Waals surface area contributed by atoms with E-state index in [0.29, 0.717) is 0 Å². The van der Waals surface area contributed by atoms with Crippen LogP contribution in [0.3, 0.4) is 0 Å². The molecule has 6 nitrogen and oxygen atoms in total. The number of aromatic carboxylic acids is 1. The molecule has 1 heterocycles. The largest absolute Gasteiger partial charge is 0.477 e. The van der Waals surface area contributed by atoms with E-state index >= 15 is 0 Å². The van der Waals surface area contributed by atoms with Crippen molar-refractivity contribution in [2.24, 2.45) is 11.7 Å². The van der Waals surface area contributed by atoms with Gasteiger partial charge in [-0.3, -0.25) is 9.59 Å². The summed E-state index contributed by atoms with van der Waals surface area (Å²) in [5, 5.41) is 8.76. The number of carbonyl (C=O) groups excluding carboxylic acids is 2. The van der Waals surface area contributed by atoms with Crippen LogP contribution in [0.15, 0.2) is 12.1 Å². The normalized spacial score (nSPS) is 18.4. The molecule has 20 heavy (non-hydrogen) atoms. The Morgan fingerprint density at radius 2 is 2.00 bits per heavy atom. The number of hydrogen-bond acceptors (Lipinski definition) is 3. The van der Waals surface area contributed by atoms with Crippen molar-refractivity contribution in [3.05, 3.63) is 29.3 Å². The first-order valence-electron chi connectivity index (χ1n) is 5.64. The quantitative estimate of drug-likeness (QED) is 0.844. The third kappa shape index (κ3) is 2.20. The van der Waals surface area contributed by atoms with Gasteiger partial charge in [0.25, 0.3) is 0 Å². The number of nitrogens with zero attached hydrogens (tertiary/aromatic N) is 1. The molecule has 1 atom stereocenters. The molecule has 1 fully saturated rings. The first-order chi connectivity index (χ1) is 9.32. The van der Waals surface area contributed by atoms with Crippen LogP contribution in [0.25, 0.3) is 0 Å². The number of amides is 2. The van der Waals surface area contributed by atoms with Gasteiger partial charge in [-0.1, -0.05) is 0 Å². The Morgan fingerprint density at radius 1 is 1.35 bits per heavy atom. The molecule has 1 aromatic rings. The van der Waals surface area contributed by atoms with Gasteiger partial charge in [-0.2, -0.15) is 0 Å². The average molecular weight is 284 g/mol. The lowest BCUT2D eigenvalue weighted by molar-refractivity contribution is -0.123. The van der Waals surface area contributed by atoms with E-state index in [1.807, 2.05) is 0 Å². The molecular formula is C12H10F2N2O4. The van der Waals surface area contributed by atoms with Crippen molar-refractivity contribution in [2.45, 2.75) is 6.42 Å². The fraction of sp³-hybridized carbons (Fsp3) is 0.250. The number of anilines is 1. The number of nitrogens with two attached hydrogens (primary N) is 1. The van der Waals surface area contributed by atoms with Gasteiger partial charge in [0.1, 0.15) is 11.4 Å². The molecule has 2 rings (SSSR count). The van der Waals surface area contributed by atoms with Crippen LogP contribution in [0.5, 0.6) is 0 Å². The molecule has 0 spiro atoms. The van der Waals surface area contributed by atoms with Crippen LogP contribution < -0.4 is 10.6 Å². The Labute approximate surface area is 111 Å². The van der Waals surface area contributed by atoms with Gasteiger partial charge in [0.2, 0.25) is 11.8 Å². The maximum absolute atomic E-state index is 14.0. The minimum absolute atomic E-state index is 0.157. The van der Waals surface area contributed by atoms with E-state index in [-0.39, 0.29) is 18.7 Å². The molecule has 0 saturated carbocycles. The second-order valence-electron chi connectivity index (χ2n) is 4.37. The summed E-state index contributed by atoms with van der Waals surface area (Å²) in [6.07, 6.45) is -0.186. The van der Waals surface area contributed by atoms with Gasteiger partial charge in [0, 0.05) is 13.0 Å². The van der Waals surface area contributed by atoms with Crippen molar-refractivity contribution in [1.82, 2.24) is 0 Å². The Hall–Kier alpha value is -2.51. The summed E-state index contributed by atoms with van der Waals surface area (Å²) < 4.78 is 27.3. The Balaban J connectivity index is 2.44. The van der Waals surface area contributed by atoms with Gasteiger partial charge in [-0.05, 0) is 12.1 Å². The van der Waals surface area contributed by atoms with E-state index < -0.39 is 40.9 Å². The average Bonchev–Trinajstić information content (AvgIpc) is 2.71. The monoisotopic (exact) mass is 284 g/mol. The molecule has 1 aliphatic rings. The molecule has 0 aliphatic carbocycles. The Morgan fingerprint density at radius 3 is 2.50 bits per heavy atom. The fourth-order valence-corrected chi connectivity index (χ4v) is 2.08. The number of primary amides is 1. The fourth-order valence-electron chi connectivity index (χ4n) is 2.08. The lowest BCUT2D eigenvalue weighted by Crippen LogP contribution is -2.29. The van der Waals surface area contributed by atoms with Crippen LogP contribution in [0, 0.1) is 17.6 Å². The summed E-state index contributed by atoms with van der Waals surface area (Å²) in [6, 6.07) is 1.71. The number of carbonyl (C=O) groups is 3. The highest BCUT2D eigenvalue weighted by molar-refractivity contribution is 6.01. The molecule has 1 aliphatic heterocycles. The standard InChI is InChI=1S/C12H10F2N2O4/c13-6-1-2-7(10(14)9(6)12(19)20)16-4-5(11(15)18)3-8(16)17/h1-2,5H,3-4H2,(H2,15,18)(H,19,20). The van der Waals surface area contributed by atoms with Crippen LogP contribution in [0.1, 0.15) is 16.8 Å². The third-order valence-electron chi connectivity index (χ3n) is 3.10. The van der Waals surface area contributed by atoms with Gasteiger partial charge < -0.3 is 15.7 Å². The van der Waals surface area contributed by atoms with Crippen molar-refractivity contribution >= 4 is 23.5 Å². The minimum Gasteiger partial charge on any atom is -0.477 e. The molecule has 106 valence electrons. The van der Waals surface area contributed by atoms with Gasteiger partial charge in [-0.15, -0.1) is 0 Å².